The highest BCUT2D eigenvalue weighted by molar-refractivity contribution is 5.87. The Bertz CT molecular complexity index is 703. The van der Waals surface area contributed by atoms with Crippen molar-refractivity contribution in [3.05, 3.63) is 12.0 Å². The number of aryl methyl sites for hydroxylation is 2. The number of hydrogen-bond acceptors (Lipinski definition) is 6. The minimum atomic E-state index is 0.212. The van der Waals surface area contributed by atoms with Crippen LogP contribution in [0.2, 0.25) is 0 Å². The summed E-state index contributed by atoms with van der Waals surface area (Å²) in [7, 11) is 3.75. The van der Waals surface area contributed by atoms with E-state index < -0.39 is 0 Å². The minimum absolute atomic E-state index is 0.212. The van der Waals surface area contributed by atoms with E-state index in [0.717, 1.165) is 55.4 Å². The predicted octanol–water partition coefficient (Wildman–Crippen LogP) is -0.0702. The van der Waals surface area contributed by atoms with Crippen LogP contribution in [0.25, 0.3) is 11.0 Å². The van der Waals surface area contributed by atoms with Gasteiger partial charge in [0.2, 0.25) is 5.91 Å². The van der Waals surface area contributed by atoms with Crippen LogP contribution >= 0.6 is 0 Å². The highest BCUT2D eigenvalue weighted by Crippen LogP contribution is 2.24. The third-order valence-corrected chi connectivity index (χ3v) is 4.20. The molecule has 124 valence electrons. The predicted molar refractivity (Wildman–Crippen MR) is 88.4 cm³/mol. The van der Waals surface area contributed by atoms with E-state index in [1.165, 1.54) is 0 Å². The number of amides is 1. The average molecular weight is 317 g/mol. The van der Waals surface area contributed by atoms with Gasteiger partial charge in [0.15, 0.2) is 5.65 Å². The second-order valence-electron chi connectivity index (χ2n) is 5.82. The fourth-order valence-corrected chi connectivity index (χ4v) is 2.91. The van der Waals surface area contributed by atoms with Gasteiger partial charge in [0.05, 0.1) is 11.6 Å². The maximum atomic E-state index is 12.1. The molecular weight excluding hydrogens is 294 g/mol. The Morgan fingerprint density at radius 1 is 1.26 bits per heavy atom. The monoisotopic (exact) mass is 317 g/mol. The van der Waals surface area contributed by atoms with Crippen LogP contribution in [0, 0.1) is 6.92 Å². The molecule has 1 saturated heterocycles. The van der Waals surface area contributed by atoms with Crippen molar-refractivity contribution in [1.82, 2.24) is 30.0 Å². The van der Waals surface area contributed by atoms with E-state index in [4.69, 9.17) is 0 Å². The van der Waals surface area contributed by atoms with E-state index in [9.17, 15) is 4.79 Å². The third-order valence-electron chi connectivity index (χ3n) is 4.20. The van der Waals surface area contributed by atoms with Gasteiger partial charge in [0.25, 0.3) is 0 Å². The fraction of sp³-hybridized carbons (Fsp3) is 0.600. The summed E-state index contributed by atoms with van der Waals surface area (Å²) in [6.45, 7) is 5.64. The van der Waals surface area contributed by atoms with Gasteiger partial charge in [-0.05, 0) is 14.0 Å². The van der Waals surface area contributed by atoms with Crippen molar-refractivity contribution in [2.24, 2.45) is 7.05 Å². The molecule has 0 atom stereocenters. The molecule has 1 aliphatic rings. The van der Waals surface area contributed by atoms with E-state index in [1.54, 1.807) is 4.68 Å². The zero-order valence-corrected chi connectivity index (χ0v) is 13.9. The molecule has 0 radical (unpaired) electrons. The van der Waals surface area contributed by atoms with Gasteiger partial charge in [-0.25, -0.2) is 9.97 Å². The molecule has 1 amide bonds. The molecule has 0 saturated carbocycles. The molecule has 0 aliphatic carbocycles. The number of carbonyl (C=O) groups is 1. The van der Waals surface area contributed by atoms with Gasteiger partial charge >= 0.3 is 0 Å². The Hall–Kier alpha value is -2.22. The molecule has 0 aromatic carbocycles. The highest BCUT2D eigenvalue weighted by atomic mass is 16.2. The van der Waals surface area contributed by atoms with Crippen LogP contribution in [-0.4, -0.2) is 70.3 Å². The molecule has 1 aliphatic heterocycles. The van der Waals surface area contributed by atoms with Crippen molar-refractivity contribution in [3.63, 3.8) is 0 Å². The molecule has 1 N–H and O–H groups in total. The van der Waals surface area contributed by atoms with Crippen LogP contribution in [0.4, 0.5) is 5.82 Å². The van der Waals surface area contributed by atoms with Crippen molar-refractivity contribution >= 4 is 22.8 Å². The molecular formula is C15H23N7O. The highest BCUT2D eigenvalue weighted by Gasteiger charge is 2.23. The van der Waals surface area contributed by atoms with Crippen LogP contribution in [0.5, 0.6) is 0 Å². The number of carbonyl (C=O) groups excluding carboxylic acids is 1. The molecule has 1 fully saturated rings. The van der Waals surface area contributed by atoms with E-state index >= 15 is 0 Å². The zero-order valence-electron chi connectivity index (χ0n) is 13.9. The average Bonchev–Trinajstić information content (AvgIpc) is 2.93. The smallest absolute Gasteiger partial charge is 0.223 e. The van der Waals surface area contributed by atoms with Crippen LogP contribution in [0.15, 0.2) is 6.20 Å². The van der Waals surface area contributed by atoms with Gasteiger partial charge in [-0.1, -0.05) is 0 Å². The molecule has 8 nitrogen and oxygen atoms in total. The minimum Gasteiger partial charge on any atom is -0.352 e. The molecule has 2 aromatic rings. The van der Waals surface area contributed by atoms with E-state index in [1.807, 2.05) is 32.1 Å². The molecule has 0 spiro atoms. The summed E-state index contributed by atoms with van der Waals surface area (Å²) in [5, 5.41) is 8.27. The molecule has 0 bridgehead atoms. The Kier molecular flexibility index (Phi) is 4.42. The summed E-state index contributed by atoms with van der Waals surface area (Å²) in [6, 6.07) is 0. The lowest BCUT2D eigenvalue weighted by atomic mass is 10.2. The summed E-state index contributed by atoms with van der Waals surface area (Å²) in [5.41, 5.74) is 0.847. The topological polar surface area (TPSA) is 79.2 Å². The summed E-state index contributed by atoms with van der Waals surface area (Å²) in [5.74, 6) is 1.87. The van der Waals surface area contributed by atoms with E-state index in [-0.39, 0.29) is 5.91 Å². The Morgan fingerprint density at radius 3 is 2.70 bits per heavy atom. The second kappa shape index (κ2) is 6.49. The number of aromatic nitrogens is 4. The molecule has 23 heavy (non-hydrogen) atoms. The Morgan fingerprint density at radius 2 is 2.00 bits per heavy atom. The van der Waals surface area contributed by atoms with Crippen LogP contribution in [-0.2, 0) is 11.8 Å². The third kappa shape index (κ3) is 3.12. The van der Waals surface area contributed by atoms with Gasteiger partial charge < -0.3 is 15.1 Å². The number of fused-ring (bicyclic) bond motifs is 1. The standard InChI is InChI=1S/C15H23N7O/c1-11-18-14-12(10-17-20(14)3)15(19-11)22-8-6-21(7-9-22)13(23)4-5-16-2/h10,16H,4-9H2,1-3H3. The maximum Gasteiger partial charge on any atom is 0.223 e. The Balaban J connectivity index is 1.74. The molecule has 8 heteroatoms. The zero-order chi connectivity index (χ0) is 16.4. The summed E-state index contributed by atoms with van der Waals surface area (Å²) in [6.07, 6.45) is 2.37. The van der Waals surface area contributed by atoms with Crippen molar-refractivity contribution in [3.8, 4) is 0 Å². The first-order valence-corrected chi connectivity index (χ1v) is 7.94. The van der Waals surface area contributed by atoms with E-state index in [0.29, 0.717) is 6.42 Å². The first kappa shape index (κ1) is 15.7. The summed E-state index contributed by atoms with van der Waals surface area (Å²) < 4.78 is 1.77. The van der Waals surface area contributed by atoms with Gasteiger partial charge in [-0.2, -0.15) is 5.10 Å². The van der Waals surface area contributed by atoms with Gasteiger partial charge in [0, 0.05) is 46.2 Å². The maximum absolute atomic E-state index is 12.1. The SMILES string of the molecule is CNCCC(=O)N1CCN(c2nc(C)nc3c2cnn3C)CC1. The first-order chi connectivity index (χ1) is 11.1. The van der Waals surface area contributed by atoms with Crippen LogP contribution in [0.3, 0.4) is 0 Å². The number of nitrogens with one attached hydrogen (secondary N) is 1. The van der Waals surface area contributed by atoms with Crippen LogP contribution < -0.4 is 10.2 Å². The number of hydrogen-bond donors (Lipinski definition) is 1. The lowest BCUT2D eigenvalue weighted by molar-refractivity contribution is -0.131. The Labute approximate surface area is 135 Å². The van der Waals surface area contributed by atoms with Crippen molar-refractivity contribution in [1.29, 1.82) is 0 Å². The van der Waals surface area contributed by atoms with Crippen LogP contribution in [0.1, 0.15) is 12.2 Å². The molecule has 2 aromatic heterocycles. The van der Waals surface area contributed by atoms with Gasteiger partial charge in [0.1, 0.15) is 11.6 Å². The molecule has 3 rings (SSSR count). The summed E-state index contributed by atoms with van der Waals surface area (Å²) in [4.78, 5) is 25.3. The second-order valence-corrected chi connectivity index (χ2v) is 5.82. The molecule has 3 heterocycles. The molecule has 0 unspecified atom stereocenters. The fourth-order valence-electron chi connectivity index (χ4n) is 2.91. The van der Waals surface area contributed by atoms with Gasteiger partial charge in [-0.3, -0.25) is 9.48 Å². The number of anilines is 1. The van der Waals surface area contributed by atoms with E-state index in [2.05, 4.69) is 25.3 Å². The van der Waals surface area contributed by atoms with Crippen molar-refractivity contribution in [2.45, 2.75) is 13.3 Å². The lowest BCUT2D eigenvalue weighted by Gasteiger charge is -2.35. The largest absolute Gasteiger partial charge is 0.352 e. The number of nitrogens with zero attached hydrogens (tertiary/aromatic N) is 6. The van der Waals surface area contributed by atoms with Crippen molar-refractivity contribution < 1.29 is 4.79 Å². The lowest BCUT2D eigenvalue weighted by Crippen LogP contribution is -2.49. The van der Waals surface area contributed by atoms with Crippen molar-refractivity contribution in [2.75, 3.05) is 44.7 Å². The number of piperazine rings is 1. The normalized spacial score (nSPS) is 15.4. The quantitative estimate of drug-likeness (QED) is 0.850. The summed E-state index contributed by atoms with van der Waals surface area (Å²) >= 11 is 0. The van der Waals surface area contributed by atoms with Gasteiger partial charge in [-0.15, -0.1) is 0 Å². The first-order valence-electron chi connectivity index (χ1n) is 7.94. The number of rotatable bonds is 4.